The normalized spacial score (nSPS) is 12.9. The molecule has 3 N–H and O–H groups in total. The number of carbonyl (C=O) groups is 2. The van der Waals surface area contributed by atoms with Gasteiger partial charge in [-0.15, -0.1) is 0 Å². The van der Waals surface area contributed by atoms with E-state index in [1.807, 2.05) is 4.90 Å². The molecular formula is C25H21Cl2N5O5S. The number of benzene rings is 3. The number of carbonyl (C=O) groups excluding carboxylic acids is 2. The zero-order chi connectivity index (χ0) is 27.2. The van der Waals surface area contributed by atoms with Crippen molar-refractivity contribution in [2.24, 2.45) is 0 Å². The summed E-state index contributed by atoms with van der Waals surface area (Å²) in [5.41, 5.74) is 1.81. The maximum atomic E-state index is 13.1. The maximum absolute atomic E-state index is 13.1. The number of rotatable bonds is 6. The molecule has 13 heteroatoms. The average molecular weight is 574 g/mol. The third-order valence-electron chi connectivity index (χ3n) is 5.59. The average Bonchev–Trinajstić information content (AvgIpc) is 2.89. The Kier molecular flexibility index (Phi) is 8.74. The van der Waals surface area contributed by atoms with Crippen molar-refractivity contribution in [3.8, 4) is 0 Å². The van der Waals surface area contributed by atoms with Crippen LogP contribution in [0.25, 0.3) is 0 Å². The molecule has 0 unspecified atom stereocenters. The van der Waals surface area contributed by atoms with E-state index in [9.17, 15) is 19.7 Å². The first-order valence-corrected chi connectivity index (χ1v) is 12.5. The highest BCUT2D eigenvalue weighted by Gasteiger charge is 2.22. The minimum atomic E-state index is -0.587. The van der Waals surface area contributed by atoms with E-state index in [-0.39, 0.29) is 26.9 Å². The minimum absolute atomic E-state index is 0.000773. The Hall–Kier alpha value is -3.77. The summed E-state index contributed by atoms with van der Waals surface area (Å²) in [4.78, 5) is 38.2. The number of halogens is 2. The summed E-state index contributed by atoms with van der Waals surface area (Å²) >= 11 is 17.2. The fourth-order valence-electron chi connectivity index (χ4n) is 3.74. The van der Waals surface area contributed by atoms with Crippen molar-refractivity contribution in [3.63, 3.8) is 0 Å². The van der Waals surface area contributed by atoms with E-state index >= 15 is 0 Å². The fourth-order valence-corrected chi connectivity index (χ4v) is 4.45. The van der Waals surface area contributed by atoms with Crippen LogP contribution >= 0.6 is 35.4 Å². The zero-order valence-electron chi connectivity index (χ0n) is 19.7. The maximum Gasteiger partial charge on any atom is 0.270 e. The van der Waals surface area contributed by atoms with Crippen LogP contribution in [-0.4, -0.2) is 48.2 Å². The van der Waals surface area contributed by atoms with Gasteiger partial charge >= 0.3 is 0 Å². The van der Waals surface area contributed by atoms with E-state index < -0.39 is 16.7 Å². The number of nitro benzene ring substituents is 1. The summed E-state index contributed by atoms with van der Waals surface area (Å²) in [6.45, 7) is 2.07. The van der Waals surface area contributed by atoms with E-state index in [4.69, 9.17) is 40.2 Å². The van der Waals surface area contributed by atoms with Gasteiger partial charge in [-0.05, 0) is 60.7 Å². The quantitative estimate of drug-likeness (QED) is 0.211. The zero-order valence-corrected chi connectivity index (χ0v) is 22.0. The first-order valence-electron chi connectivity index (χ1n) is 11.3. The van der Waals surface area contributed by atoms with E-state index in [2.05, 4.69) is 16.0 Å². The molecule has 2 amide bonds. The molecule has 1 saturated heterocycles. The summed E-state index contributed by atoms with van der Waals surface area (Å²) in [7, 11) is 0. The molecule has 38 heavy (non-hydrogen) atoms. The molecule has 0 saturated carbocycles. The van der Waals surface area contributed by atoms with Gasteiger partial charge in [0, 0.05) is 41.6 Å². The van der Waals surface area contributed by atoms with Gasteiger partial charge in [0.25, 0.3) is 17.5 Å². The Labute approximate surface area is 233 Å². The lowest BCUT2D eigenvalue weighted by molar-refractivity contribution is -0.384. The van der Waals surface area contributed by atoms with Gasteiger partial charge in [0.1, 0.15) is 0 Å². The highest BCUT2D eigenvalue weighted by molar-refractivity contribution is 7.80. The highest BCUT2D eigenvalue weighted by Crippen LogP contribution is 2.27. The molecule has 0 bridgehead atoms. The van der Waals surface area contributed by atoms with Crippen LogP contribution in [-0.2, 0) is 4.74 Å². The lowest BCUT2D eigenvalue weighted by Gasteiger charge is -2.30. The van der Waals surface area contributed by atoms with Crippen molar-refractivity contribution in [1.82, 2.24) is 5.32 Å². The molecule has 0 radical (unpaired) electrons. The van der Waals surface area contributed by atoms with Crippen LogP contribution in [0, 0.1) is 10.1 Å². The van der Waals surface area contributed by atoms with E-state index in [0.29, 0.717) is 48.4 Å². The number of anilines is 3. The topological polar surface area (TPSA) is 126 Å². The lowest BCUT2D eigenvalue weighted by Crippen LogP contribution is -2.39. The third kappa shape index (κ3) is 6.75. The van der Waals surface area contributed by atoms with Gasteiger partial charge in [0.05, 0.1) is 40.0 Å². The van der Waals surface area contributed by atoms with Crippen molar-refractivity contribution in [2.75, 3.05) is 41.8 Å². The van der Waals surface area contributed by atoms with E-state index in [1.54, 1.807) is 36.4 Å². The summed E-state index contributed by atoms with van der Waals surface area (Å²) in [5, 5.41) is 20.2. The predicted octanol–water partition coefficient (Wildman–Crippen LogP) is 5.12. The molecule has 1 fully saturated rings. The largest absolute Gasteiger partial charge is 0.378 e. The van der Waals surface area contributed by atoms with E-state index in [1.165, 1.54) is 24.3 Å². The monoisotopic (exact) mass is 573 g/mol. The first-order chi connectivity index (χ1) is 18.2. The Morgan fingerprint density at radius 2 is 1.55 bits per heavy atom. The number of nitrogens with zero attached hydrogens (tertiary/aromatic N) is 2. The molecule has 3 aromatic carbocycles. The van der Waals surface area contributed by atoms with Crippen LogP contribution < -0.4 is 20.9 Å². The third-order valence-corrected chi connectivity index (χ3v) is 6.34. The van der Waals surface area contributed by atoms with Gasteiger partial charge in [-0.2, -0.15) is 0 Å². The van der Waals surface area contributed by atoms with Crippen molar-refractivity contribution in [1.29, 1.82) is 0 Å². The van der Waals surface area contributed by atoms with Crippen LogP contribution in [0.15, 0.2) is 60.7 Å². The lowest BCUT2D eigenvalue weighted by atomic mass is 10.1. The number of hydrogen-bond donors (Lipinski definition) is 3. The summed E-state index contributed by atoms with van der Waals surface area (Å²) in [6.07, 6.45) is 0. The van der Waals surface area contributed by atoms with Crippen LogP contribution in [0.1, 0.15) is 20.7 Å². The number of nitrogens with one attached hydrogen (secondary N) is 3. The van der Waals surface area contributed by atoms with Gasteiger partial charge in [-0.1, -0.05) is 23.2 Å². The Bertz CT molecular complexity index is 1400. The molecule has 0 aromatic heterocycles. The predicted molar refractivity (Wildman–Crippen MR) is 151 cm³/mol. The number of non-ortho nitro benzene ring substituents is 1. The number of hydrogen-bond acceptors (Lipinski definition) is 7. The molecule has 1 aliphatic rings. The summed E-state index contributed by atoms with van der Waals surface area (Å²) < 4.78 is 5.36. The van der Waals surface area contributed by atoms with Crippen LogP contribution in [0.4, 0.5) is 22.7 Å². The SMILES string of the molecule is O=C(Nc1ccc(NC(=S)NC(=O)c2cc([N+](=O)[O-])ccc2N2CCOCC2)cc1)c1ccc(Cl)cc1Cl. The Morgan fingerprint density at radius 3 is 2.18 bits per heavy atom. The van der Waals surface area contributed by atoms with Crippen molar-refractivity contribution >= 4 is 75.1 Å². The Balaban J connectivity index is 1.41. The van der Waals surface area contributed by atoms with Crippen molar-refractivity contribution < 1.29 is 19.2 Å². The standard InChI is InChI=1S/C25H21Cl2N5O5S/c26-15-1-7-19(21(27)13-15)23(33)28-16-2-4-17(5-3-16)29-25(38)30-24(34)20-14-18(32(35)36)6-8-22(20)31-9-11-37-12-10-31/h1-8,13-14H,9-12H2,(H,28,33)(H2,29,30,34,38). The molecule has 196 valence electrons. The summed E-state index contributed by atoms with van der Waals surface area (Å²) in [5.74, 6) is -0.986. The van der Waals surface area contributed by atoms with Crippen molar-refractivity contribution in [3.05, 3.63) is 92.0 Å². The van der Waals surface area contributed by atoms with Gasteiger partial charge < -0.3 is 20.3 Å². The molecule has 0 aliphatic carbocycles. The molecule has 3 aromatic rings. The molecule has 10 nitrogen and oxygen atoms in total. The summed E-state index contributed by atoms with van der Waals surface area (Å²) in [6, 6.07) is 15.3. The number of thiocarbonyl (C=S) groups is 1. The van der Waals surface area contributed by atoms with Crippen molar-refractivity contribution in [2.45, 2.75) is 0 Å². The van der Waals surface area contributed by atoms with Gasteiger partial charge in [-0.25, -0.2) is 0 Å². The second-order valence-corrected chi connectivity index (χ2v) is 9.37. The Morgan fingerprint density at radius 1 is 0.895 bits per heavy atom. The van der Waals surface area contributed by atoms with Crippen LogP contribution in [0.5, 0.6) is 0 Å². The van der Waals surface area contributed by atoms with Gasteiger partial charge in [0.2, 0.25) is 0 Å². The van der Waals surface area contributed by atoms with E-state index in [0.717, 1.165) is 0 Å². The number of amides is 2. The molecule has 1 aliphatic heterocycles. The fraction of sp³-hybridized carbons (Fsp3) is 0.160. The van der Waals surface area contributed by atoms with Gasteiger partial charge in [-0.3, -0.25) is 25.0 Å². The first kappa shape index (κ1) is 27.3. The molecule has 4 rings (SSSR count). The smallest absolute Gasteiger partial charge is 0.270 e. The number of ether oxygens (including phenoxy) is 1. The van der Waals surface area contributed by atoms with Crippen LogP contribution in [0.2, 0.25) is 10.0 Å². The van der Waals surface area contributed by atoms with Gasteiger partial charge in [0.15, 0.2) is 5.11 Å². The number of morpholine rings is 1. The second kappa shape index (κ2) is 12.2. The molecular weight excluding hydrogens is 553 g/mol. The van der Waals surface area contributed by atoms with Crippen LogP contribution in [0.3, 0.4) is 0 Å². The number of nitro groups is 1. The molecule has 0 atom stereocenters. The molecule has 1 heterocycles. The second-order valence-electron chi connectivity index (χ2n) is 8.12. The molecule has 0 spiro atoms. The minimum Gasteiger partial charge on any atom is -0.378 e. The highest BCUT2D eigenvalue weighted by atomic mass is 35.5.